The summed E-state index contributed by atoms with van der Waals surface area (Å²) in [6.07, 6.45) is 15.3. The maximum Gasteiger partial charge on any atom is 0.267 e. The van der Waals surface area contributed by atoms with Gasteiger partial charge in [0.15, 0.2) is 12.7 Å². The van der Waals surface area contributed by atoms with E-state index in [2.05, 4.69) is 253 Å². The van der Waals surface area contributed by atoms with Crippen LogP contribution in [-0.2, 0) is 25.9 Å². The van der Waals surface area contributed by atoms with E-state index in [1.165, 1.54) is 150 Å². The van der Waals surface area contributed by atoms with E-state index in [1.807, 2.05) is 24.8 Å². The van der Waals surface area contributed by atoms with Gasteiger partial charge in [-0.25, -0.2) is 4.98 Å². The first kappa shape index (κ1) is 53.1. The Kier molecular flexibility index (Phi) is 11.4. The van der Waals surface area contributed by atoms with Gasteiger partial charge in [0.25, 0.3) is 11.0 Å². The van der Waals surface area contributed by atoms with Crippen LogP contribution in [0.4, 0.5) is 11.4 Å². The Hall–Kier alpha value is -9.94. The normalized spacial score (nSPS) is 16.9. The molecular formula is C78H72N12+2. The fourth-order valence-electron chi connectivity index (χ4n) is 17.0. The van der Waals surface area contributed by atoms with E-state index < -0.39 is 0 Å². The summed E-state index contributed by atoms with van der Waals surface area (Å²) in [5.41, 5.74) is 32.9. The highest BCUT2D eigenvalue weighted by Crippen LogP contribution is 2.57. The Labute approximate surface area is 523 Å². The Bertz CT molecular complexity index is 5370. The van der Waals surface area contributed by atoms with Gasteiger partial charge >= 0.3 is 0 Å². The van der Waals surface area contributed by atoms with Crippen LogP contribution in [0.1, 0.15) is 123 Å². The lowest BCUT2D eigenvalue weighted by Crippen LogP contribution is -2.37. The van der Waals surface area contributed by atoms with E-state index >= 15 is 0 Å². The summed E-state index contributed by atoms with van der Waals surface area (Å²) >= 11 is 0. The molecule has 442 valence electrons. The van der Waals surface area contributed by atoms with Crippen molar-refractivity contribution in [1.82, 2.24) is 38.9 Å². The lowest BCUT2D eigenvalue weighted by atomic mass is 9.86. The lowest BCUT2D eigenvalue weighted by molar-refractivity contribution is -0.744. The van der Waals surface area contributed by atoms with Gasteiger partial charge in [-0.1, -0.05) is 145 Å². The van der Waals surface area contributed by atoms with Crippen molar-refractivity contribution in [2.75, 3.05) is 23.9 Å². The van der Waals surface area contributed by atoms with E-state index in [4.69, 9.17) is 19.9 Å². The summed E-state index contributed by atoms with van der Waals surface area (Å²) in [6, 6.07) is 48.5. The summed E-state index contributed by atoms with van der Waals surface area (Å²) in [5.74, 6) is 1.95. The van der Waals surface area contributed by atoms with Crippen LogP contribution < -0.4 is 19.0 Å². The largest absolute Gasteiger partial charge is 0.358 e. The van der Waals surface area contributed by atoms with Crippen molar-refractivity contribution >= 4 is 88.3 Å². The lowest BCUT2D eigenvalue weighted by Gasteiger charge is -2.32. The molecule has 0 aliphatic carbocycles. The molecular weight excluding hydrogens is 1100 g/mol. The zero-order valence-corrected chi connectivity index (χ0v) is 52.8. The molecule has 2 unspecified atom stereocenters. The molecule has 0 fully saturated rings. The molecule has 0 bridgehead atoms. The van der Waals surface area contributed by atoms with Crippen LogP contribution in [0.5, 0.6) is 0 Å². The van der Waals surface area contributed by atoms with Crippen LogP contribution in [-0.4, -0.2) is 65.4 Å². The molecule has 0 saturated carbocycles. The standard InChI is InChI=1S/C22H18N3.2C19H19N3.C18H16N3/c1-13(2)15-7-5-8-17-19(15)20-21-14(10-11-23-20)12-24-18-9-4-3-6-16(18)22(17)25(21)24;1-11(2)17-19-16-13(8-5-9-20-16)14-7-4-6-12-10-15(21(17)3)22(19)18(12)14;1-11(2)13-5-4-6-14-15-10-21(3)16-9-12-7-8-20-18(17(13)14)19(12)22(15)16;1-11(2)13-4-3-5-14-15-7-9-20-10-12-6-8-19-17(16(13)14)18(12)21(15)20/h3-11,13H,12H2,1-2H3;4-9,11,15H,10H2,1-3H3;4-8,10-11,16H,9H2,1-3H3;3-9,11H,10H2,1-2H3/q+1;;;+1. The number of pyridine rings is 6. The van der Waals surface area contributed by atoms with Gasteiger partial charge in [-0.05, 0) is 94.0 Å². The number of allylic oxidation sites excluding steroid dienone is 1. The number of nitrogens with zero attached hydrogens (tertiary/aromatic N) is 12. The van der Waals surface area contributed by atoms with Gasteiger partial charge in [0, 0.05) is 108 Å². The number of hydrogen-bond donors (Lipinski definition) is 0. The van der Waals surface area contributed by atoms with E-state index in [0.717, 1.165) is 42.7 Å². The molecule has 90 heavy (non-hydrogen) atoms. The molecule has 0 spiro atoms. The maximum atomic E-state index is 4.83. The average molecular weight is 1180 g/mol. The third-order valence-corrected chi connectivity index (χ3v) is 20.8. The van der Waals surface area contributed by atoms with Crippen molar-refractivity contribution < 1.29 is 9.20 Å². The number of fused-ring (bicyclic) bond motifs is 15. The monoisotopic (exact) mass is 1180 g/mol. The van der Waals surface area contributed by atoms with Crippen molar-refractivity contribution in [3.8, 4) is 22.4 Å². The number of anilines is 2. The van der Waals surface area contributed by atoms with Crippen molar-refractivity contribution in [2.24, 2.45) is 5.92 Å². The second-order valence-corrected chi connectivity index (χ2v) is 27.1. The molecule has 0 amide bonds. The second kappa shape index (κ2) is 19.3. The number of likely N-dealkylation sites (N-methyl/N-ethyl adjacent to an activating group) is 2. The Morgan fingerprint density at radius 2 is 1.13 bits per heavy atom. The minimum Gasteiger partial charge on any atom is -0.358 e. The molecule has 8 aliphatic heterocycles. The second-order valence-electron chi connectivity index (χ2n) is 27.1. The molecule has 2 atom stereocenters. The Balaban J connectivity index is 0.0000000895. The van der Waals surface area contributed by atoms with Gasteiger partial charge in [0.05, 0.1) is 56.1 Å². The van der Waals surface area contributed by atoms with Crippen LogP contribution in [0, 0.1) is 5.92 Å². The zero-order chi connectivity index (χ0) is 60.9. The summed E-state index contributed by atoms with van der Waals surface area (Å²) < 4.78 is 9.39. The molecule has 8 aliphatic rings. The number of hydrogen-bond acceptors (Lipinski definition) is 8. The zero-order valence-electron chi connectivity index (χ0n) is 52.8. The quantitative estimate of drug-likeness (QED) is 0.127. The highest BCUT2D eigenvalue weighted by atomic mass is 15.4. The number of para-hydroxylation sites is 2. The topological polar surface area (TPSA) is 81.8 Å². The highest BCUT2D eigenvalue weighted by molar-refractivity contribution is 6.17. The van der Waals surface area contributed by atoms with Gasteiger partial charge in [-0.3, -0.25) is 15.0 Å². The molecule has 0 saturated heterocycles. The van der Waals surface area contributed by atoms with Gasteiger partial charge in [-0.2, -0.15) is 0 Å². The van der Waals surface area contributed by atoms with Gasteiger partial charge in [-0.15, -0.1) is 13.9 Å². The van der Waals surface area contributed by atoms with Crippen molar-refractivity contribution in [3.63, 3.8) is 0 Å². The average Bonchev–Trinajstić information content (AvgIpc) is 1.54. The summed E-state index contributed by atoms with van der Waals surface area (Å²) in [6.45, 7) is 20.0. The van der Waals surface area contributed by atoms with Crippen molar-refractivity contribution in [2.45, 2.75) is 111 Å². The Morgan fingerprint density at radius 1 is 0.489 bits per heavy atom. The summed E-state index contributed by atoms with van der Waals surface area (Å²) in [4.78, 5) is 29.0. The first-order valence-electron chi connectivity index (χ1n) is 32.4. The Morgan fingerprint density at radius 3 is 1.93 bits per heavy atom. The number of benzene rings is 5. The predicted octanol–water partition coefficient (Wildman–Crippen LogP) is 15.5. The third kappa shape index (κ3) is 7.13. The first-order valence-corrected chi connectivity index (χ1v) is 32.4. The van der Waals surface area contributed by atoms with Crippen LogP contribution in [0.3, 0.4) is 0 Å². The number of aromatic nitrogens is 8. The molecule has 12 nitrogen and oxygen atoms in total. The van der Waals surface area contributed by atoms with E-state index in [9.17, 15) is 0 Å². The minimum atomic E-state index is 0.415. The smallest absolute Gasteiger partial charge is 0.267 e. The van der Waals surface area contributed by atoms with Gasteiger partial charge in [0.2, 0.25) is 0 Å². The SMILES string of the molecule is CC(C)C1=C2c3ncccc3-c3cccc4c3N2C(C4)N1C.CC(C)c1cccc2c1-c1nccc3c1N1C2=CN(C)C1C3.CC(C)c1cccc2c1c1nccc3c1[n+]1c2c2ccccc2n1C3.CC(C)c1cccc2c1c1nccc3c1n1c2cc[n+]1C3. The fraction of sp³-hybridized carbons (Fsp3) is 0.256. The van der Waals surface area contributed by atoms with E-state index in [0.29, 0.717) is 36.0 Å². The minimum absolute atomic E-state index is 0.415. The first-order chi connectivity index (χ1) is 43.9. The fourth-order valence-corrected chi connectivity index (χ4v) is 17.0. The number of rotatable bonds is 4. The molecule has 8 aromatic heterocycles. The summed E-state index contributed by atoms with van der Waals surface area (Å²) in [7, 11) is 4.42. The molecule has 13 aromatic rings. The predicted molar refractivity (Wildman–Crippen MR) is 363 cm³/mol. The van der Waals surface area contributed by atoms with E-state index in [-0.39, 0.29) is 0 Å². The molecule has 16 heterocycles. The van der Waals surface area contributed by atoms with Gasteiger partial charge in [0.1, 0.15) is 46.5 Å². The van der Waals surface area contributed by atoms with Crippen LogP contribution >= 0.6 is 0 Å². The maximum absolute atomic E-state index is 4.83. The van der Waals surface area contributed by atoms with Gasteiger partial charge < -0.3 is 19.6 Å². The van der Waals surface area contributed by atoms with E-state index in [1.54, 1.807) is 0 Å². The summed E-state index contributed by atoms with van der Waals surface area (Å²) in [5, 5.41) is 6.58. The van der Waals surface area contributed by atoms with Crippen LogP contribution in [0.15, 0.2) is 176 Å². The molecule has 0 N–H and O–H groups in total. The molecule has 0 radical (unpaired) electrons. The molecule has 5 aromatic carbocycles. The molecule has 12 heteroatoms. The van der Waals surface area contributed by atoms with Crippen molar-refractivity contribution in [3.05, 3.63) is 227 Å². The molecule has 21 rings (SSSR count). The third-order valence-electron chi connectivity index (χ3n) is 20.8. The van der Waals surface area contributed by atoms with Crippen LogP contribution in [0.25, 0.3) is 99.3 Å². The van der Waals surface area contributed by atoms with Crippen molar-refractivity contribution in [1.29, 1.82) is 0 Å². The highest BCUT2D eigenvalue weighted by Gasteiger charge is 2.49. The van der Waals surface area contributed by atoms with Crippen LogP contribution in [0.2, 0.25) is 0 Å².